The van der Waals surface area contributed by atoms with Gasteiger partial charge >= 0.3 is 0 Å². The molecule has 1 N–H and O–H groups in total. The second-order valence-electron chi connectivity index (χ2n) is 11.3. The minimum Gasteiger partial charge on any atom is -0.492 e. The van der Waals surface area contributed by atoms with Gasteiger partial charge in [0, 0.05) is 26.2 Å². The number of para-hydroxylation sites is 1. The van der Waals surface area contributed by atoms with Gasteiger partial charge < -0.3 is 9.64 Å². The number of nitrogens with one attached hydrogen (secondary N) is 1. The largest absolute Gasteiger partial charge is 0.492 e. The Balaban J connectivity index is 1.37. The van der Waals surface area contributed by atoms with Crippen molar-refractivity contribution in [3.63, 3.8) is 0 Å². The zero-order valence-electron chi connectivity index (χ0n) is 23.7. The van der Waals surface area contributed by atoms with E-state index in [0.29, 0.717) is 19.7 Å². The van der Waals surface area contributed by atoms with Gasteiger partial charge in [-0.15, -0.1) is 0 Å². The summed E-state index contributed by atoms with van der Waals surface area (Å²) in [6.07, 6.45) is 8.68. The lowest BCUT2D eigenvalue weighted by Crippen LogP contribution is -2.50. The number of unbranched alkanes of at least 4 members (excludes halogenated alkanes) is 1. The molecule has 0 atom stereocenters. The molecule has 4 rings (SSSR count). The number of sulfonamides is 1. The maximum absolute atomic E-state index is 13.0. The molecule has 2 heterocycles. The van der Waals surface area contributed by atoms with Gasteiger partial charge in [0.05, 0.1) is 11.4 Å². The van der Waals surface area contributed by atoms with Gasteiger partial charge in [0.2, 0.25) is 15.9 Å². The van der Waals surface area contributed by atoms with E-state index in [1.54, 1.807) is 24.3 Å². The van der Waals surface area contributed by atoms with Crippen molar-refractivity contribution in [2.24, 2.45) is 5.41 Å². The summed E-state index contributed by atoms with van der Waals surface area (Å²) in [7, 11) is -3.71. The number of carbonyl (C=O) groups is 1. The first-order chi connectivity index (χ1) is 18.8. The number of rotatable bonds is 7. The smallest absolute Gasteiger partial charge is 0.241 e. The molecule has 2 aliphatic rings. The fraction of sp³-hybridized carbons (Fsp3) is 0.581. The van der Waals surface area contributed by atoms with Crippen LogP contribution in [0.2, 0.25) is 0 Å². The molecule has 7 nitrogen and oxygen atoms in total. The molecule has 0 radical (unpaired) electrons. The lowest BCUT2D eigenvalue weighted by molar-refractivity contribution is -0.132. The molecule has 0 aromatic heterocycles. The summed E-state index contributed by atoms with van der Waals surface area (Å²) in [6.45, 7) is 8.96. The Labute approximate surface area is 235 Å². The van der Waals surface area contributed by atoms with Crippen molar-refractivity contribution in [3.05, 3.63) is 59.7 Å². The SMILES string of the molecule is CCCCN1CCOc2ccccc2CCCCC2(CCN(C(=O)CNS(=O)(=O)c3ccc(C)cc3)CC2)C1. The Kier molecular flexibility index (Phi) is 10.4. The molecule has 2 aromatic carbocycles. The van der Waals surface area contributed by atoms with Crippen molar-refractivity contribution in [2.75, 3.05) is 45.9 Å². The van der Waals surface area contributed by atoms with Gasteiger partial charge in [0.1, 0.15) is 12.4 Å². The Morgan fingerprint density at radius 3 is 2.49 bits per heavy atom. The molecule has 0 aliphatic carbocycles. The van der Waals surface area contributed by atoms with Crippen LogP contribution >= 0.6 is 0 Å². The average Bonchev–Trinajstić information content (AvgIpc) is 2.93. The minimum atomic E-state index is -3.71. The molecule has 8 heteroatoms. The minimum absolute atomic E-state index is 0.151. The first-order valence-corrected chi connectivity index (χ1v) is 16.1. The summed E-state index contributed by atoms with van der Waals surface area (Å²) in [5.74, 6) is 0.870. The van der Waals surface area contributed by atoms with Crippen LogP contribution in [-0.2, 0) is 21.2 Å². The summed E-state index contributed by atoms with van der Waals surface area (Å²) < 4.78 is 34.1. The monoisotopic (exact) mass is 555 g/mol. The van der Waals surface area contributed by atoms with Gasteiger partial charge in [-0.3, -0.25) is 9.69 Å². The molecule has 0 saturated carbocycles. The van der Waals surface area contributed by atoms with Gasteiger partial charge in [-0.25, -0.2) is 13.1 Å². The molecular formula is C31H45N3O4S. The van der Waals surface area contributed by atoms with E-state index in [9.17, 15) is 13.2 Å². The van der Waals surface area contributed by atoms with E-state index in [1.165, 1.54) is 12.0 Å². The number of amides is 1. The van der Waals surface area contributed by atoms with Crippen LogP contribution in [0, 0.1) is 12.3 Å². The number of hydrogen-bond acceptors (Lipinski definition) is 5. The van der Waals surface area contributed by atoms with Crippen molar-refractivity contribution >= 4 is 15.9 Å². The first-order valence-electron chi connectivity index (χ1n) is 14.6. The normalized spacial score (nSPS) is 19.0. The Bertz CT molecular complexity index is 1170. The van der Waals surface area contributed by atoms with Crippen LogP contribution in [0.15, 0.2) is 53.4 Å². The molecule has 1 amide bonds. The number of piperidine rings is 1. The number of ether oxygens (including phenoxy) is 1. The highest BCUT2D eigenvalue weighted by Gasteiger charge is 2.37. The number of benzene rings is 2. The highest BCUT2D eigenvalue weighted by molar-refractivity contribution is 7.89. The van der Waals surface area contributed by atoms with Gasteiger partial charge in [-0.1, -0.05) is 55.7 Å². The van der Waals surface area contributed by atoms with Crippen LogP contribution in [0.1, 0.15) is 63.0 Å². The maximum Gasteiger partial charge on any atom is 0.241 e. The summed E-state index contributed by atoms with van der Waals surface area (Å²) in [5.41, 5.74) is 2.45. The third-order valence-corrected chi connectivity index (χ3v) is 9.77. The van der Waals surface area contributed by atoms with Gasteiger partial charge in [0.15, 0.2) is 0 Å². The van der Waals surface area contributed by atoms with Crippen LogP contribution < -0.4 is 9.46 Å². The summed E-state index contributed by atoms with van der Waals surface area (Å²) in [5, 5.41) is 0. The predicted molar refractivity (Wildman–Crippen MR) is 155 cm³/mol. The second kappa shape index (κ2) is 13.8. The molecule has 39 heavy (non-hydrogen) atoms. The number of hydrogen-bond donors (Lipinski definition) is 1. The number of nitrogens with zero attached hydrogens (tertiary/aromatic N) is 2. The summed E-state index contributed by atoms with van der Waals surface area (Å²) in [6, 6.07) is 15.1. The van der Waals surface area contributed by atoms with Crippen LogP contribution in [-0.4, -0.2) is 70.0 Å². The summed E-state index contributed by atoms with van der Waals surface area (Å²) in [4.78, 5) is 17.6. The van der Waals surface area contributed by atoms with E-state index in [4.69, 9.17) is 4.74 Å². The lowest BCUT2D eigenvalue weighted by atomic mass is 9.73. The topological polar surface area (TPSA) is 79.0 Å². The Morgan fingerprint density at radius 2 is 1.74 bits per heavy atom. The molecule has 1 saturated heterocycles. The molecule has 214 valence electrons. The van der Waals surface area contributed by atoms with E-state index in [0.717, 1.165) is 75.9 Å². The zero-order chi connectivity index (χ0) is 27.7. The van der Waals surface area contributed by atoms with Crippen LogP contribution in [0.25, 0.3) is 0 Å². The lowest BCUT2D eigenvalue weighted by Gasteiger charge is -2.45. The number of carbonyl (C=O) groups excluding carboxylic acids is 1. The van der Waals surface area contributed by atoms with Crippen LogP contribution in [0.4, 0.5) is 0 Å². The molecule has 2 aliphatic heterocycles. The fourth-order valence-corrected chi connectivity index (χ4v) is 6.84. The highest BCUT2D eigenvalue weighted by Crippen LogP contribution is 2.38. The number of fused-ring (bicyclic) bond motifs is 1. The Hall–Kier alpha value is -2.42. The van der Waals surface area contributed by atoms with E-state index in [1.807, 2.05) is 11.8 Å². The van der Waals surface area contributed by atoms with Crippen molar-refractivity contribution in [3.8, 4) is 5.75 Å². The molecule has 2 aromatic rings. The number of aryl methyl sites for hydroxylation is 2. The second-order valence-corrected chi connectivity index (χ2v) is 13.1. The van der Waals surface area contributed by atoms with Crippen molar-refractivity contribution in [1.82, 2.24) is 14.5 Å². The van der Waals surface area contributed by atoms with Gasteiger partial charge in [0.25, 0.3) is 0 Å². The molecule has 0 unspecified atom stereocenters. The van der Waals surface area contributed by atoms with E-state index >= 15 is 0 Å². The van der Waals surface area contributed by atoms with E-state index in [2.05, 4.69) is 40.8 Å². The molecular weight excluding hydrogens is 510 g/mol. The average molecular weight is 556 g/mol. The van der Waals surface area contributed by atoms with E-state index < -0.39 is 10.0 Å². The quantitative estimate of drug-likeness (QED) is 0.532. The Morgan fingerprint density at radius 1 is 1.00 bits per heavy atom. The molecule has 1 fully saturated rings. The van der Waals surface area contributed by atoms with Crippen LogP contribution in [0.5, 0.6) is 5.75 Å². The van der Waals surface area contributed by atoms with Gasteiger partial charge in [-0.05, 0) is 81.2 Å². The molecule has 0 bridgehead atoms. The zero-order valence-corrected chi connectivity index (χ0v) is 24.5. The fourth-order valence-electron chi connectivity index (χ4n) is 5.86. The standard InChI is InChI=1S/C31H45N3O4S/c1-3-4-19-33-22-23-38-29-11-6-5-9-27(29)10-7-8-16-31(25-33)17-20-34(21-18-31)30(35)24-32-39(36,37)28-14-12-26(2)13-15-28/h5-6,9,11-15,32H,3-4,7-8,10,16-25H2,1-2H3. The number of likely N-dealkylation sites (tertiary alicyclic amines) is 1. The van der Waals surface area contributed by atoms with Crippen molar-refractivity contribution < 1.29 is 17.9 Å². The van der Waals surface area contributed by atoms with Crippen LogP contribution in [0.3, 0.4) is 0 Å². The van der Waals surface area contributed by atoms with E-state index in [-0.39, 0.29) is 22.8 Å². The van der Waals surface area contributed by atoms with Crippen molar-refractivity contribution in [1.29, 1.82) is 0 Å². The molecule has 1 spiro atoms. The highest BCUT2D eigenvalue weighted by atomic mass is 32.2. The third-order valence-electron chi connectivity index (χ3n) is 8.35. The van der Waals surface area contributed by atoms with Crippen molar-refractivity contribution in [2.45, 2.75) is 70.1 Å². The predicted octanol–water partition coefficient (Wildman–Crippen LogP) is 4.79. The van der Waals surface area contributed by atoms with Gasteiger partial charge in [-0.2, -0.15) is 0 Å². The third kappa shape index (κ3) is 8.29. The first kappa shape index (κ1) is 29.6. The maximum atomic E-state index is 13.0. The summed E-state index contributed by atoms with van der Waals surface area (Å²) >= 11 is 0.